The molecule has 0 atom stereocenters. The first-order valence-corrected chi connectivity index (χ1v) is 8.90. The maximum absolute atomic E-state index is 12.0. The first-order chi connectivity index (χ1) is 11.5. The minimum atomic E-state index is -0.0949. The fourth-order valence-electron chi connectivity index (χ4n) is 3.02. The molecule has 0 bridgehead atoms. The summed E-state index contributed by atoms with van der Waals surface area (Å²) in [5.41, 5.74) is 1.26. The molecule has 1 saturated heterocycles. The molecule has 1 aromatic carbocycles. The topological polar surface area (TPSA) is 64.6 Å². The number of benzene rings is 1. The van der Waals surface area contributed by atoms with Crippen molar-refractivity contribution in [1.29, 1.82) is 0 Å². The van der Waals surface area contributed by atoms with Gasteiger partial charge in [-0.25, -0.2) is 4.79 Å². The number of aliphatic hydroxyl groups excluding tert-OH is 1. The average Bonchev–Trinajstić information content (AvgIpc) is 2.56. The highest BCUT2D eigenvalue weighted by Gasteiger charge is 2.22. The number of likely N-dealkylation sites (tertiary alicyclic amines) is 1. The number of rotatable bonds is 7. The van der Waals surface area contributed by atoms with Gasteiger partial charge in [0, 0.05) is 38.8 Å². The molecule has 24 heavy (non-hydrogen) atoms. The first kappa shape index (κ1) is 18.7. The van der Waals surface area contributed by atoms with Crippen LogP contribution in [-0.4, -0.2) is 48.3 Å². The van der Waals surface area contributed by atoms with Crippen LogP contribution >= 0.6 is 0 Å². The van der Waals surface area contributed by atoms with Crippen molar-refractivity contribution in [3.05, 3.63) is 35.9 Å². The van der Waals surface area contributed by atoms with Crippen LogP contribution in [0.25, 0.3) is 0 Å². The summed E-state index contributed by atoms with van der Waals surface area (Å²) in [7, 11) is 0. The third-order valence-corrected chi connectivity index (χ3v) is 4.69. The molecule has 0 aliphatic carbocycles. The molecule has 0 unspecified atom stereocenters. The Hall–Kier alpha value is -1.59. The molecule has 1 aliphatic rings. The molecule has 1 aliphatic heterocycles. The number of amides is 2. The Labute approximate surface area is 145 Å². The average molecular weight is 333 g/mol. The molecule has 0 saturated carbocycles. The van der Waals surface area contributed by atoms with Gasteiger partial charge in [-0.2, -0.15) is 0 Å². The molecule has 1 heterocycles. The highest BCUT2D eigenvalue weighted by molar-refractivity contribution is 5.74. The van der Waals surface area contributed by atoms with E-state index in [1.807, 2.05) is 19.9 Å². The van der Waals surface area contributed by atoms with Crippen molar-refractivity contribution in [2.75, 3.05) is 26.2 Å². The molecule has 0 spiro atoms. The fraction of sp³-hybridized carbons (Fsp3) is 0.632. The number of aliphatic hydroxyl groups is 1. The smallest absolute Gasteiger partial charge is 0.315 e. The predicted molar refractivity (Wildman–Crippen MR) is 96.8 cm³/mol. The molecule has 134 valence electrons. The lowest BCUT2D eigenvalue weighted by atomic mass is 9.90. The van der Waals surface area contributed by atoms with Gasteiger partial charge in [0.1, 0.15) is 0 Å². The Kier molecular flexibility index (Phi) is 7.06. The lowest BCUT2D eigenvalue weighted by Crippen LogP contribution is -2.49. The minimum absolute atomic E-state index is 0.0782. The summed E-state index contributed by atoms with van der Waals surface area (Å²) in [6, 6.07) is 10.7. The Balaban J connectivity index is 1.66. The van der Waals surface area contributed by atoms with Crippen LogP contribution < -0.4 is 10.6 Å². The van der Waals surface area contributed by atoms with Crippen molar-refractivity contribution in [2.45, 2.75) is 45.7 Å². The maximum Gasteiger partial charge on any atom is 0.315 e. The monoisotopic (exact) mass is 333 g/mol. The van der Waals surface area contributed by atoms with Gasteiger partial charge in [0.15, 0.2) is 0 Å². The quantitative estimate of drug-likeness (QED) is 0.718. The molecule has 5 heteroatoms. The number of urea groups is 1. The predicted octanol–water partition coefficient (Wildman–Crippen LogP) is 2.36. The Morgan fingerprint density at radius 3 is 2.54 bits per heavy atom. The van der Waals surface area contributed by atoms with E-state index in [-0.39, 0.29) is 24.1 Å². The van der Waals surface area contributed by atoms with Crippen LogP contribution in [0.15, 0.2) is 30.3 Å². The Morgan fingerprint density at radius 2 is 1.92 bits per heavy atom. The van der Waals surface area contributed by atoms with Crippen molar-refractivity contribution >= 4 is 6.03 Å². The lowest BCUT2D eigenvalue weighted by Gasteiger charge is -2.32. The highest BCUT2D eigenvalue weighted by atomic mass is 16.3. The van der Waals surface area contributed by atoms with E-state index in [0.717, 1.165) is 32.5 Å². The molecule has 0 radical (unpaired) electrons. The molecule has 5 nitrogen and oxygen atoms in total. The summed E-state index contributed by atoms with van der Waals surface area (Å²) in [6.07, 6.45) is 2.66. The largest absolute Gasteiger partial charge is 0.396 e. The van der Waals surface area contributed by atoms with E-state index in [0.29, 0.717) is 13.0 Å². The number of hydrogen-bond acceptors (Lipinski definition) is 3. The highest BCUT2D eigenvalue weighted by Crippen LogP contribution is 2.18. The third kappa shape index (κ3) is 6.49. The number of piperidine rings is 1. The zero-order valence-corrected chi connectivity index (χ0v) is 14.9. The molecule has 2 rings (SSSR count). The summed E-state index contributed by atoms with van der Waals surface area (Å²) in [6.45, 7) is 7.82. The van der Waals surface area contributed by atoms with Gasteiger partial charge < -0.3 is 15.7 Å². The number of carbonyl (C=O) groups excluding carboxylic acids is 1. The van der Waals surface area contributed by atoms with Gasteiger partial charge in [-0.05, 0) is 30.2 Å². The van der Waals surface area contributed by atoms with Crippen molar-refractivity contribution in [3.8, 4) is 0 Å². The van der Waals surface area contributed by atoms with Crippen LogP contribution in [0.4, 0.5) is 4.79 Å². The lowest BCUT2D eigenvalue weighted by molar-refractivity contribution is 0.181. The van der Waals surface area contributed by atoms with Gasteiger partial charge in [-0.3, -0.25) is 4.90 Å². The number of nitrogens with one attached hydrogen (secondary N) is 2. The maximum atomic E-state index is 12.0. The van der Waals surface area contributed by atoms with E-state index >= 15 is 0 Å². The van der Waals surface area contributed by atoms with E-state index in [4.69, 9.17) is 5.11 Å². The number of nitrogens with zero attached hydrogens (tertiary/aromatic N) is 1. The van der Waals surface area contributed by atoms with E-state index < -0.39 is 0 Å². The second-order valence-electron chi connectivity index (χ2n) is 7.50. The van der Waals surface area contributed by atoms with Crippen LogP contribution in [0.3, 0.4) is 0 Å². The third-order valence-electron chi connectivity index (χ3n) is 4.69. The van der Waals surface area contributed by atoms with Crippen molar-refractivity contribution in [1.82, 2.24) is 15.5 Å². The minimum Gasteiger partial charge on any atom is -0.396 e. The van der Waals surface area contributed by atoms with E-state index in [2.05, 4.69) is 39.8 Å². The number of carbonyl (C=O) groups is 1. The van der Waals surface area contributed by atoms with Crippen molar-refractivity contribution in [2.24, 2.45) is 5.41 Å². The number of hydrogen-bond donors (Lipinski definition) is 3. The van der Waals surface area contributed by atoms with Gasteiger partial charge in [0.2, 0.25) is 0 Å². The van der Waals surface area contributed by atoms with Crippen LogP contribution in [0.5, 0.6) is 0 Å². The van der Waals surface area contributed by atoms with Crippen LogP contribution in [0.2, 0.25) is 0 Å². The Morgan fingerprint density at radius 1 is 1.25 bits per heavy atom. The zero-order chi connectivity index (χ0) is 17.4. The van der Waals surface area contributed by atoms with Gasteiger partial charge in [0.25, 0.3) is 0 Å². The molecule has 0 aromatic heterocycles. The molecule has 2 amide bonds. The second-order valence-corrected chi connectivity index (χ2v) is 7.50. The van der Waals surface area contributed by atoms with Crippen molar-refractivity contribution in [3.63, 3.8) is 0 Å². The van der Waals surface area contributed by atoms with Crippen LogP contribution in [0.1, 0.15) is 38.7 Å². The standard InChI is InChI=1S/C19H31N3O2/c1-19(2,10-13-23)15-20-18(24)21-17-8-11-22(12-9-17)14-16-6-4-3-5-7-16/h3-7,17,23H,8-15H2,1-2H3,(H2,20,21,24). The van der Waals surface area contributed by atoms with Gasteiger partial charge in [-0.15, -0.1) is 0 Å². The fourth-order valence-corrected chi connectivity index (χ4v) is 3.02. The van der Waals surface area contributed by atoms with E-state index in [9.17, 15) is 4.79 Å². The van der Waals surface area contributed by atoms with Gasteiger partial charge in [0.05, 0.1) is 0 Å². The normalized spacial score (nSPS) is 16.8. The molecule has 3 N–H and O–H groups in total. The summed E-state index contributed by atoms with van der Waals surface area (Å²) in [5, 5.41) is 15.0. The molecular weight excluding hydrogens is 302 g/mol. The second kappa shape index (κ2) is 9.04. The Bertz CT molecular complexity index is 497. The summed E-state index contributed by atoms with van der Waals surface area (Å²) in [5.74, 6) is 0. The van der Waals surface area contributed by atoms with Crippen LogP contribution in [0, 0.1) is 5.41 Å². The van der Waals surface area contributed by atoms with Crippen LogP contribution in [-0.2, 0) is 6.54 Å². The van der Waals surface area contributed by atoms with E-state index in [1.54, 1.807) is 0 Å². The van der Waals surface area contributed by atoms with E-state index in [1.165, 1.54) is 5.56 Å². The summed E-state index contributed by atoms with van der Waals surface area (Å²) >= 11 is 0. The SMILES string of the molecule is CC(C)(CCO)CNC(=O)NC1CCN(Cc2ccccc2)CC1. The summed E-state index contributed by atoms with van der Waals surface area (Å²) in [4.78, 5) is 14.5. The molecule has 1 aromatic rings. The summed E-state index contributed by atoms with van der Waals surface area (Å²) < 4.78 is 0. The zero-order valence-electron chi connectivity index (χ0n) is 14.9. The first-order valence-electron chi connectivity index (χ1n) is 8.90. The van der Waals surface area contributed by atoms with Gasteiger partial charge >= 0.3 is 6.03 Å². The van der Waals surface area contributed by atoms with Gasteiger partial charge in [-0.1, -0.05) is 44.2 Å². The molecule has 1 fully saturated rings. The molecular formula is C19H31N3O2. The van der Waals surface area contributed by atoms with Crippen molar-refractivity contribution < 1.29 is 9.90 Å².